The topological polar surface area (TPSA) is 139 Å². The number of aromatic nitrogens is 2. The molecule has 0 radical (unpaired) electrons. The highest BCUT2D eigenvalue weighted by molar-refractivity contribution is 6.46. The number of aliphatic hydroxyl groups is 1. The molecular weight excluding hydrogens is 476 g/mol. The van der Waals surface area contributed by atoms with Crippen molar-refractivity contribution >= 4 is 34.0 Å². The molecule has 37 heavy (non-hydrogen) atoms. The fraction of sp³-hybridized carbons (Fsp3) is 0.148. The molecule has 2 N–H and O–H groups in total. The molecule has 1 aliphatic heterocycles. The van der Waals surface area contributed by atoms with Crippen LogP contribution in [0.1, 0.15) is 22.9 Å². The summed E-state index contributed by atoms with van der Waals surface area (Å²) in [5, 5.41) is 23.1. The van der Waals surface area contributed by atoms with Crippen LogP contribution >= 0.6 is 0 Å². The number of rotatable bonds is 7. The molecule has 10 heteroatoms. The number of ketones is 1. The van der Waals surface area contributed by atoms with Crippen molar-refractivity contribution in [3.05, 3.63) is 106 Å². The number of nitrogens with zero attached hydrogens (tertiary/aromatic N) is 3. The van der Waals surface area contributed by atoms with E-state index in [0.29, 0.717) is 17.9 Å². The van der Waals surface area contributed by atoms with Crippen molar-refractivity contribution in [2.75, 3.05) is 13.7 Å². The lowest BCUT2D eigenvalue weighted by atomic mass is 9.98. The van der Waals surface area contributed by atoms with Crippen LogP contribution in [0.2, 0.25) is 0 Å². The molecule has 0 bridgehead atoms. The van der Waals surface area contributed by atoms with E-state index in [1.54, 1.807) is 31.5 Å². The Labute approximate surface area is 211 Å². The summed E-state index contributed by atoms with van der Waals surface area (Å²) in [5.74, 6) is -1.31. The number of hydrogen-bond acceptors (Lipinski definition) is 7. The molecule has 10 nitrogen and oxygen atoms in total. The maximum atomic E-state index is 13.2. The Hall–Kier alpha value is -4.99. The number of likely N-dealkylation sites (tertiary alicyclic amines) is 1. The first-order valence-corrected chi connectivity index (χ1v) is 11.5. The van der Waals surface area contributed by atoms with Crippen molar-refractivity contribution in [2.45, 2.75) is 12.5 Å². The summed E-state index contributed by atoms with van der Waals surface area (Å²) >= 11 is 0. The number of aliphatic hydroxyl groups excluding tert-OH is 1. The quantitative estimate of drug-likeness (QED) is 0.128. The first-order chi connectivity index (χ1) is 17.9. The number of nitro groups is 1. The van der Waals surface area contributed by atoms with E-state index < -0.39 is 28.4 Å². The minimum absolute atomic E-state index is 0.113. The molecule has 0 spiro atoms. The summed E-state index contributed by atoms with van der Waals surface area (Å²) in [7, 11) is 1.59. The first-order valence-electron chi connectivity index (χ1n) is 11.5. The SMILES string of the molecule is COc1ccc2[nH]cc(CCN3C(=O)C(=O)/C(=C(\O)c4ccc([N+](=O)[O-])cc4)C3c3ccccn3)c2c1. The van der Waals surface area contributed by atoms with Crippen LogP contribution in [0.4, 0.5) is 5.69 Å². The van der Waals surface area contributed by atoms with Crippen LogP contribution in [0.25, 0.3) is 16.7 Å². The standard InChI is InChI=1S/C27H22N4O6/c1-37-19-9-10-21-20(14-19)17(15-29-21)11-13-30-24(22-4-2-3-12-28-22)23(26(33)27(30)34)25(32)16-5-7-18(8-6-16)31(35)36/h2-10,12,14-15,24,29,32H,11,13H2,1H3/b25-23-. The third kappa shape index (κ3) is 4.29. The third-order valence-electron chi connectivity index (χ3n) is 6.46. The number of nitrogens with one attached hydrogen (secondary N) is 1. The van der Waals surface area contributed by atoms with Gasteiger partial charge in [-0.15, -0.1) is 0 Å². The van der Waals surface area contributed by atoms with Crippen LogP contribution in [0.3, 0.4) is 0 Å². The maximum Gasteiger partial charge on any atom is 0.295 e. The van der Waals surface area contributed by atoms with Gasteiger partial charge in [0.25, 0.3) is 17.4 Å². The highest BCUT2D eigenvalue weighted by Crippen LogP contribution is 2.39. The third-order valence-corrected chi connectivity index (χ3v) is 6.46. The Morgan fingerprint density at radius 2 is 1.95 bits per heavy atom. The van der Waals surface area contributed by atoms with Crippen LogP contribution in [-0.4, -0.2) is 50.2 Å². The summed E-state index contributed by atoms with van der Waals surface area (Å²) in [5.41, 5.74) is 2.19. The van der Waals surface area contributed by atoms with Gasteiger partial charge in [-0.25, -0.2) is 0 Å². The molecule has 1 aliphatic rings. The molecular formula is C27H22N4O6. The summed E-state index contributed by atoms with van der Waals surface area (Å²) in [4.78, 5) is 45.8. The Balaban J connectivity index is 1.53. The smallest absolute Gasteiger partial charge is 0.295 e. The fourth-order valence-electron chi connectivity index (χ4n) is 4.58. The van der Waals surface area contributed by atoms with E-state index in [0.717, 1.165) is 16.5 Å². The molecule has 5 rings (SSSR count). The Bertz CT molecular complexity index is 1540. The average Bonchev–Trinajstić information content (AvgIpc) is 3.44. The predicted molar refractivity (Wildman–Crippen MR) is 135 cm³/mol. The number of carbonyl (C=O) groups excluding carboxylic acids is 2. The highest BCUT2D eigenvalue weighted by atomic mass is 16.6. The van der Waals surface area contributed by atoms with Crippen molar-refractivity contribution in [1.29, 1.82) is 0 Å². The molecule has 1 saturated heterocycles. The minimum Gasteiger partial charge on any atom is -0.507 e. The number of non-ortho nitro benzene ring substituents is 1. The van der Waals surface area contributed by atoms with E-state index in [9.17, 15) is 24.8 Å². The van der Waals surface area contributed by atoms with Gasteiger partial charge in [0.2, 0.25) is 0 Å². The molecule has 2 aromatic heterocycles. The summed E-state index contributed by atoms with van der Waals surface area (Å²) in [6.45, 7) is 0.188. The Kier molecular flexibility index (Phi) is 6.14. The molecule has 0 aliphatic carbocycles. The number of aromatic amines is 1. The number of H-pyrrole nitrogens is 1. The zero-order valence-electron chi connectivity index (χ0n) is 19.7. The van der Waals surface area contributed by atoms with Gasteiger partial charge in [0, 0.05) is 47.5 Å². The van der Waals surface area contributed by atoms with Crippen molar-refractivity contribution in [2.24, 2.45) is 0 Å². The van der Waals surface area contributed by atoms with Crippen LogP contribution < -0.4 is 4.74 Å². The number of ether oxygens (including phenoxy) is 1. The number of nitro benzene ring substituents is 1. The monoisotopic (exact) mass is 498 g/mol. The Morgan fingerprint density at radius 3 is 2.62 bits per heavy atom. The minimum atomic E-state index is -0.920. The van der Waals surface area contributed by atoms with E-state index in [4.69, 9.17) is 4.74 Å². The van der Waals surface area contributed by atoms with Gasteiger partial charge < -0.3 is 19.7 Å². The molecule has 3 heterocycles. The molecule has 186 valence electrons. The predicted octanol–water partition coefficient (Wildman–Crippen LogP) is 4.14. The van der Waals surface area contributed by atoms with E-state index >= 15 is 0 Å². The number of amides is 1. The van der Waals surface area contributed by atoms with E-state index in [-0.39, 0.29) is 23.4 Å². The molecule has 0 saturated carbocycles. The second-order valence-corrected chi connectivity index (χ2v) is 8.53. The molecule has 2 aromatic carbocycles. The molecule has 1 atom stereocenters. The second kappa shape index (κ2) is 9.57. The molecule has 4 aromatic rings. The number of benzene rings is 2. The maximum absolute atomic E-state index is 13.2. The lowest BCUT2D eigenvalue weighted by molar-refractivity contribution is -0.384. The number of Topliss-reactive ketones (excluding diaryl/α,β-unsaturated/α-hetero) is 1. The van der Waals surface area contributed by atoms with Gasteiger partial charge in [-0.2, -0.15) is 0 Å². The molecule has 1 unspecified atom stereocenters. The number of pyridine rings is 1. The summed E-state index contributed by atoms with van der Waals surface area (Å²) in [6.07, 6.45) is 3.84. The van der Waals surface area contributed by atoms with Crippen LogP contribution in [-0.2, 0) is 16.0 Å². The number of hydrogen-bond donors (Lipinski definition) is 2. The fourth-order valence-corrected chi connectivity index (χ4v) is 4.58. The van der Waals surface area contributed by atoms with Gasteiger partial charge in [-0.05, 0) is 54.4 Å². The van der Waals surface area contributed by atoms with Gasteiger partial charge >= 0.3 is 0 Å². The van der Waals surface area contributed by atoms with Crippen molar-refractivity contribution in [3.63, 3.8) is 0 Å². The van der Waals surface area contributed by atoms with Gasteiger partial charge in [0.1, 0.15) is 17.6 Å². The average molecular weight is 498 g/mol. The largest absolute Gasteiger partial charge is 0.507 e. The van der Waals surface area contributed by atoms with Gasteiger partial charge in [0.15, 0.2) is 0 Å². The molecule has 1 fully saturated rings. The van der Waals surface area contributed by atoms with Crippen LogP contribution in [0.5, 0.6) is 5.75 Å². The van der Waals surface area contributed by atoms with Crippen LogP contribution in [0, 0.1) is 10.1 Å². The van der Waals surface area contributed by atoms with E-state index in [1.165, 1.54) is 29.2 Å². The zero-order chi connectivity index (χ0) is 26.1. The zero-order valence-corrected chi connectivity index (χ0v) is 19.7. The first kappa shape index (κ1) is 23.7. The number of fused-ring (bicyclic) bond motifs is 1. The van der Waals surface area contributed by atoms with E-state index in [2.05, 4.69) is 9.97 Å². The van der Waals surface area contributed by atoms with E-state index in [1.807, 2.05) is 24.4 Å². The lowest BCUT2D eigenvalue weighted by Gasteiger charge is -2.24. The summed E-state index contributed by atoms with van der Waals surface area (Å²) < 4.78 is 5.33. The van der Waals surface area contributed by atoms with Gasteiger partial charge in [0.05, 0.1) is 23.3 Å². The van der Waals surface area contributed by atoms with Gasteiger partial charge in [-0.3, -0.25) is 24.7 Å². The normalized spacial score (nSPS) is 16.9. The summed E-state index contributed by atoms with van der Waals surface area (Å²) in [6, 6.07) is 15.0. The molecule has 1 amide bonds. The highest BCUT2D eigenvalue weighted by Gasteiger charge is 2.46. The number of carbonyl (C=O) groups is 2. The Morgan fingerprint density at radius 1 is 1.16 bits per heavy atom. The van der Waals surface area contributed by atoms with Crippen molar-refractivity contribution in [1.82, 2.24) is 14.9 Å². The van der Waals surface area contributed by atoms with Crippen molar-refractivity contribution < 1.29 is 24.4 Å². The van der Waals surface area contributed by atoms with Crippen molar-refractivity contribution in [3.8, 4) is 5.75 Å². The lowest BCUT2D eigenvalue weighted by Crippen LogP contribution is -2.32. The number of methoxy groups -OCH3 is 1. The van der Waals surface area contributed by atoms with Crippen LogP contribution in [0.15, 0.2) is 78.6 Å². The second-order valence-electron chi connectivity index (χ2n) is 8.53. The van der Waals surface area contributed by atoms with Gasteiger partial charge in [-0.1, -0.05) is 6.07 Å².